The number of piperidine rings is 1. The van der Waals surface area contributed by atoms with Crippen LogP contribution in [0.3, 0.4) is 0 Å². The van der Waals surface area contributed by atoms with Gasteiger partial charge >= 0.3 is 5.69 Å². The normalized spacial score (nSPS) is 19.0. The molecule has 0 bridgehead atoms. The minimum Gasteiger partial charge on any atom is -0.342 e. The molecule has 2 fully saturated rings. The predicted molar refractivity (Wildman–Crippen MR) is 94.3 cm³/mol. The van der Waals surface area contributed by atoms with Crippen molar-refractivity contribution in [3.8, 4) is 0 Å². The highest BCUT2D eigenvalue weighted by Crippen LogP contribution is 2.32. The molecule has 1 amide bonds. The van der Waals surface area contributed by atoms with Gasteiger partial charge in [0.15, 0.2) is 0 Å². The maximum absolute atomic E-state index is 12.4. The first kappa shape index (κ1) is 16.1. The van der Waals surface area contributed by atoms with Crippen LogP contribution in [0, 0.1) is 5.92 Å². The van der Waals surface area contributed by atoms with Crippen molar-refractivity contribution in [2.75, 3.05) is 13.1 Å². The first-order chi connectivity index (χ1) is 12.2. The van der Waals surface area contributed by atoms with Crippen LogP contribution >= 0.6 is 0 Å². The lowest BCUT2D eigenvalue weighted by atomic mass is 9.83. The van der Waals surface area contributed by atoms with Gasteiger partial charge in [0.1, 0.15) is 5.82 Å². The number of nitrogens with one attached hydrogen (secondary N) is 1. The molecule has 1 saturated heterocycles. The topological polar surface area (TPSA) is 71.0 Å². The summed E-state index contributed by atoms with van der Waals surface area (Å²) in [6.07, 6.45) is 5.03. The van der Waals surface area contributed by atoms with Crippen molar-refractivity contribution >= 4 is 5.91 Å². The Labute approximate surface area is 146 Å². The van der Waals surface area contributed by atoms with Gasteiger partial charge in [0.2, 0.25) is 5.91 Å². The summed E-state index contributed by atoms with van der Waals surface area (Å²) < 4.78 is 1.74. The largest absolute Gasteiger partial charge is 0.343 e. The Morgan fingerprint density at radius 3 is 2.48 bits per heavy atom. The second-order valence-electron chi connectivity index (χ2n) is 7.19. The fourth-order valence-corrected chi connectivity index (χ4v) is 3.83. The molecule has 1 saturated carbocycles. The van der Waals surface area contributed by atoms with E-state index >= 15 is 0 Å². The molecule has 0 unspecified atom stereocenters. The van der Waals surface area contributed by atoms with Crippen molar-refractivity contribution in [1.29, 1.82) is 0 Å². The van der Waals surface area contributed by atoms with Crippen molar-refractivity contribution in [3.05, 3.63) is 52.2 Å². The Morgan fingerprint density at radius 1 is 1.12 bits per heavy atom. The average Bonchev–Trinajstić information content (AvgIpc) is 2.95. The van der Waals surface area contributed by atoms with E-state index in [-0.39, 0.29) is 17.5 Å². The number of aromatic nitrogens is 3. The van der Waals surface area contributed by atoms with Gasteiger partial charge in [-0.05, 0) is 31.2 Å². The van der Waals surface area contributed by atoms with Crippen molar-refractivity contribution in [2.24, 2.45) is 5.92 Å². The summed E-state index contributed by atoms with van der Waals surface area (Å²) in [5.74, 6) is 1.64. The molecule has 1 aromatic carbocycles. The summed E-state index contributed by atoms with van der Waals surface area (Å²) >= 11 is 0. The Morgan fingerprint density at radius 2 is 1.84 bits per heavy atom. The van der Waals surface area contributed by atoms with Gasteiger partial charge in [0.25, 0.3) is 0 Å². The van der Waals surface area contributed by atoms with Crippen LogP contribution in [0.15, 0.2) is 35.1 Å². The summed E-state index contributed by atoms with van der Waals surface area (Å²) in [6.45, 7) is 2.07. The van der Waals surface area contributed by atoms with Gasteiger partial charge in [-0.1, -0.05) is 36.8 Å². The summed E-state index contributed by atoms with van der Waals surface area (Å²) in [6, 6.07) is 9.96. The maximum atomic E-state index is 12.4. The third-order valence-corrected chi connectivity index (χ3v) is 5.60. The van der Waals surface area contributed by atoms with E-state index < -0.39 is 0 Å². The smallest absolute Gasteiger partial charge is 0.342 e. The molecule has 4 rings (SSSR count). The van der Waals surface area contributed by atoms with Crippen molar-refractivity contribution in [1.82, 2.24) is 19.7 Å². The van der Waals surface area contributed by atoms with E-state index in [1.165, 1.54) is 6.42 Å². The fraction of sp³-hybridized carbons (Fsp3) is 0.526. The second-order valence-corrected chi connectivity index (χ2v) is 7.19. The van der Waals surface area contributed by atoms with Gasteiger partial charge in [-0.25, -0.2) is 9.89 Å². The molecule has 0 atom stereocenters. The standard InChI is InChI=1S/C19H24N4O2/c24-18(16-7-4-8-16)22-11-9-15(10-12-22)17-20-21-19(25)23(17)13-14-5-2-1-3-6-14/h1-3,5-6,15-16H,4,7-13H2,(H,21,25). The van der Waals surface area contributed by atoms with Crippen molar-refractivity contribution in [2.45, 2.75) is 44.6 Å². The lowest BCUT2D eigenvalue weighted by Crippen LogP contribution is -2.43. The number of H-pyrrole nitrogens is 1. The number of benzene rings is 1. The van der Waals surface area contributed by atoms with Crippen LogP contribution in [0.4, 0.5) is 0 Å². The number of rotatable bonds is 4. The molecule has 1 aliphatic carbocycles. The molecule has 0 radical (unpaired) electrons. The third-order valence-electron chi connectivity index (χ3n) is 5.60. The Hall–Kier alpha value is -2.37. The zero-order valence-electron chi connectivity index (χ0n) is 14.4. The number of aromatic amines is 1. The van der Waals surface area contributed by atoms with E-state index in [1.54, 1.807) is 4.57 Å². The van der Waals surface area contributed by atoms with Gasteiger partial charge in [-0.3, -0.25) is 9.36 Å². The highest BCUT2D eigenvalue weighted by Gasteiger charge is 2.33. The van der Waals surface area contributed by atoms with Gasteiger partial charge in [0, 0.05) is 24.9 Å². The molecular formula is C19H24N4O2. The molecule has 1 aliphatic heterocycles. The molecule has 6 heteroatoms. The lowest BCUT2D eigenvalue weighted by Gasteiger charge is -2.36. The quantitative estimate of drug-likeness (QED) is 0.927. The molecular weight excluding hydrogens is 316 g/mol. The molecule has 2 heterocycles. The van der Waals surface area contributed by atoms with E-state index in [9.17, 15) is 9.59 Å². The Balaban J connectivity index is 1.44. The highest BCUT2D eigenvalue weighted by molar-refractivity contribution is 5.79. The number of nitrogens with zero attached hydrogens (tertiary/aromatic N) is 3. The van der Waals surface area contributed by atoms with Crippen LogP contribution in [-0.4, -0.2) is 38.7 Å². The fourth-order valence-electron chi connectivity index (χ4n) is 3.83. The van der Waals surface area contributed by atoms with Gasteiger partial charge in [-0.15, -0.1) is 0 Å². The molecule has 132 valence electrons. The second kappa shape index (κ2) is 6.86. The Bertz CT molecular complexity index is 783. The summed E-state index contributed by atoms with van der Waals surface area (Å²) in [5.41, 5.74) is 0.927. The van der Waals surface area contributed by atoms with Crippen LogP contribution in [0.2, 0.25) is 0 Å². The van der Waals surface area contributed by atoms with E-state index in [1.807, 2.05) is 35.2 Å². The molecule has 1 N–H and O–H groups in total. The van der Waals surface area contributed by atoms with Crippen LogP contribution < -0.4 is 5.69 Å². The SMILES string of the molecule is O=C(C1CCC1)N1CCC(c2n[nH]c(=O)n2Cc2ccccc2)CC1. The van der Waals surface area contributed by atoms with Crippen LogP contribution in [0.25, 0.3) is 0 Å². The van der Waals surface area contributed by atoms with E-state index in [2.05, 4.69) is 10.2 Å². The van der Waals surface area contributed by atoms with E-state index in [4.69, 9.17) is 0 Å². The van der Waals surface area contributed by atoms with E-state index in [0.717, 1.165) is 50.2 Å². The van der Waals surface area contributed by atoms with Crippen molar-refractivity contribution < 1.29 is 4.79 Å². The summed E-state index contributed by atoms with van der Waals surface area (Å²) in [7, 11) is 0. The van der Waals surface area contributed by atoms with Crippen LogP contribution in [-0.2, 0) is 11.3 Å². The predicted octanol–water partition coefficient (Wildman–Crippen LogP) is 2.13. The molecule has 0 spiro atoms. The zero-order valence-corrected chi connectivity index (χ0v) is 14.4. The van der Waals surface area contributed by atoms with E-state index in [0.29, 0.717) is 12.5 Å². The van der Waals surface area contributed by atoms with Crippen molar-refractivity contribution in [3.63, 3.8) is 0 Å². The van der Waals surface area contributed by atoms with Crippen LogP contribution in [0.5, 0.6) is 0 Å². The Kier molecular flexibility index (Phi) is 4.42. The van der Waals surface area contributed by atoms with Gasteiger partial charge < -0.3 is 4.90 Å². The lowest BCUT2D eigenvalue weighted by molar-refractivity contribution is -0.139. The molecule has 25 heavy (non-hydrogen) atoms. The first-order valence-corrected chi connectivity index (χ1v) is 9.20. The number of hydrogen-bond donors (Lipinski definition) is 1. The first-order valence-electron chi connectivity index (χ1n) is 9.20. The molecule has 1 aromatic heterocycles. The zero-order chi connectivity index (χ0) is 17.2. The minimum atomic E-state index is -0.160. The number of carbonyl (C=O) groups is 1. The number of hydrogen-bond acceptors (Lipinski definition) is 3. The summed E-state index contributed by atoms with van der Waals surface area (Å²) in [5, 5.41) is 6.89. The summed E-state index contributed by atoms with van der Waals surface area (Å²) in [4.78, 5) is 26.6. The molecule has 2 aliphatic rings. The van der Waals surface area contributed by atoms with Crippen LogP contribution in [0.1, 0.15) is 49.4 Å². The third kappa shape index (κ3) is 3.25. The maximum Gasteiger partial charge on any atom is 0.343 e. The number of likely N-dealkylation sites (tertiary alicyclic amines) is 1. The monoisotopic (exact) mass is 340 g/mol. The number of amides is 1. The molecule has 2 aromatic rings. The van der Waals surface area contributed by atoms with Gasteiger partial charge in [-0.2, -0.15) is 5.10 Å². The average molecular weight is 340 g/mol. The number of carbonyl (C=O) groups excluding carboxylic acids is 1. The molecule has 6 nitrogen and oxygen atoms in total. The minimum absolute atomic E-state index is 0.160. The highest BCUT2D eigenvalue weighted by atomic mass is 16.2. The van der Waals surface area contributed by atoms with Gasteiger partial charge in [0.05, 0.1) is 6.54 Å².